The molecule has 0 aliphatic heterocycles. The first kappa shape index (κ1) is 7.68. The van der Waals surface area contributed by atoms with Crippen LogP contribution in [0, 0.1) is 6.92 Å². The lowest BCUT2D eigenvalue weighted by Crippen LogP contribution is -1.93. The van der Waals surface area contributed by atoms with Crippen LogP contribution in [-0.2, 0) is 6.42 Å². The quantitative estimate of drug-likeness (QED) is 0.670. The summed E-state index contributed by atoms with van der Waals surface area (Å²) in [6.45, 7) is 4.07. The van der Waals surface area contributed by atoms with Crippen LogP contribution in [0.4, 0.5) is 0 Å². The van der Waals surface area contributed by atoms with Crippen molar-refractivity contribution in [1.29, 1.82) is 0 Å². The minimum absolute atomic E-state index is 0.877. The van der Waals surface area contributed by atoms with E-state index in [0.717, 1.165) is 17.1 Å². The molecule has 0 aliphatic carbocycles. The first-order chi connectivity index (χ1) is 5.81. The van der Waals surface area contributed by atoms with Gasteiger partial charge >= 0.3 is 0 Å². The number of hydrogen-bond donors (Lipinski definition) is 0. The summed E-state index contributed by atoms with van der Waals surface area (Å²) in [6, 6.07) is 2.10. The average molecular weight is 178 g/mol. The first-order valence-corrected chi connectivity index (χ1v) is 4.90. The van der Waals surface area contributed by atoms with Crippen LogP contribution in [0.3, 0.4) is 0 Å². The summed E-state index contributed by atoms with van der Waals surface area (Å²) < 4.78 is 0. The van der Waals surface area contributed by atoms with Crippen LogP contribution >= 0.6 is 11.3 Å². The van der Waals surface area contributed by atoms with Crippen LogP contribution in [0.2, 0.25) is 0 Å². The number of aryl methyl sites for hydroxylation is 2. The molecular formula is C9H10N2S. The van der Waals surface area contributed by atoms with Crippen molar-refractivity contribution in [2.45, 2.75) is 20.3 Å². The second-order valence-electron chi connectivity index (χ2n) is 2.71. The largest absolute Gasteiger partial charge is 0.238 e. The third-order valence-electron chi connectivity index (χ3n) is 1.85. The maximum Gasteiger partial charge on any atom is 0.127 e. The van der Waals surface area contributed by atoms with Crippen molar-refractivity contribution in [3.63, 3.8) is 0 Å². The van der Waals surface area contributed by atoms with Gasteiger partial charge in [0, 0.05) is 5.39 Å². The van der Waals surface area contributed by atoms with Gasteiger partial charge in [-0.1, -0.05) is 6.92 Å². The van der Waals surface area contributed by atoms with Crippen molar-refractivity contribution in [2.75, 3.05) is 0 Å². The predicted octanol–water partition coefficient (Wildman–Crippen LogP) is 2.56. The summed E-state index contributed by atoms with van der Waals surface area (Å²) in [5, 5.41) is 3.28. The molecule has 0 fully saturated rings. The molecule has 0 bridgehead atoms. The van der Waals surface area contributed by atoms with E-state index in [1.807, 2.05) is 6.92 Å². The van der Waals surface area contributed by atoms with Gasteiger partial charge < -0.3 is 0 Å². The van der Waals surface area contributed by atoms with Crippen molar-refractivity contribution in [1.82, 2.24) is 9.97 Å². The van der Waals surface area contributed by atoms with Crippen molar-refractivity contribution in [3.05, 3.63) is 23.0 Å². The Morgan fingerprint density at radius 1 is 1.42 bits per heavy atom. The van der Waals surface area contributed by atoms with E-state index in [0.29, 0.717) is 0 Å². The lowest BCUT2D eigenvalue weighted by molar-refractivity contribution is 0.985. The van der Waals surface area contributed by atoms with E-state index in [4.69, 9.17) is 0 Å². The van der Waals surface area contributed by atoms with Gasteiger partial charge in [0.05, 0.1) is 5.69 Å². The smallest absolute Gasteiger partial charge is 0.127 e. The second-order valence-corrected chi connectivity index (χ2v) is 3.61. The Bertz CT molecular complexity index is 406. The Hall–Kier alpha value is -0.960. The van der Waals surface area contributed by atoms with Crippen LogP contribution < -0.4 is 0 Å². The Morgan fingerprint density at radius 3 is 3.00 bits per heavy atom. The van der Waals surface area contributed by atoms with Gasteiger partial charge in [0.2, 0.25) is 0 Å². The van der Waals surface area contributed by atoms with E-state index in [-0.39, 0.29) is 0 Å². The molecule has 12 heavy (non-hydrogen) atoms. The Morgan fingerprint density at radius 2 is 2.25 bits per heavy atom. The number of thiophene rings is 1. The number of aromatic nitrogens is 2. The van der Waals surface area contributed by atoms with Crippen LogP contribution in [0.25, 0.3) is 10.2 Å². The third kappa shape index (κ3) is 1.10. The molecule has 2 heterocycles. The van der Waals surface area contributed by atoms with Gasteiger partial charge in [0.25, 0.3) is 0 Å². The molecule has 2 rings (SSSR count). The molecule has 0 amide bonds. The number of fused-ring (bicyclic) bond motifs is 1. The summed E-state index contributed by atoms with van der Waals surface area (Å²) >= 11 is 1.68. The highest BCUT2D eigenvalue weighted by Gasteiger charge is 2.03. The fourth-order valence-corrected chi connectivity index (χ4v) is 2.14. The van der Waals surface area contributed by atoms with Crippen molar-refractivity contribution in [2.24, 2.45) is 0 Å². The zero-order chi connectivity index (χ0) is 8.55. The van der Waals surface area contributed by atoms with Crippen LogP contribution in [-0.4, -0.2) is 9.97 Å². The summed E-state index contributed by atoms with van der Waals surface area (Å²) in [5.41, 5.74) is 1.17. The molecular weight excluding hydrogens is 168 g/mol. The average Bonchev–Trinajstić information content (AvgIpc) is 2.50. The molecule has 2 aromatic heterocycles. The van der Waals surface area contributed by atoms with E-state index in [1.54, 1.807) is 11.3 Å². The molecule has 0 aliphatic rings. The van der Waals surface area contributed by atoms with Gasteiger partial charge in [-0.25, -0.2) is 9.97 Å². The standard InChI is InChI=1S/C9H10N2S/c1-3-8-7-4-5-12-9(7)11-6(2)10-8/h4-5H,3H2,1-2H3. The van der Waals surface area contributed by atoms with Gasteiger partial charge in [0.1, 0.15) is 10.7 Å². The van der Waals surface area contributed by atoms with E-state index in [1.165, 1.54) is 11.1 Å². The van der Waals surface area contributed by atoms with Crippen molar-refractivity contribution < 1.29 is 0 Å². The number of hydrogen-bond acceptors (Lipinski definition) is 3. The van der Waals surface area contributed by atoms with Gasteiger partial charge in [-0.3, -0.25) is 0 Å². The molecule has 62 valence electrons. The fourth-order valence-electron chi connectivity index (χ4n) is 1.30. The highest BCUT2D eigenvalue weighted by molar-refractivity contribution is 7.16. The lowest BCUT2D eigenvalue weighted by atomic mass is 10.2. The summed E-state index contributed by atoms with van der Waals surface area (Å²) in [6.07, 6.45) is 0.983. The fraction of sp³-hybridized carbons (Fsp3) is 0.333. The summed E-state index contributed by atoms with van der Waals surface area (Å²) in [4.78, 5) is 9.85. The molecule has 0 spiro atoms. The van der Waals surface area contributed by atoms with Gasteiger partial charge in [-0.2, -0.15) is 0 Å². The minimum atomic E-state index is 0.877. The Labute approximate surface area is 75.3 Å². The lowest BCUT2D eigenvalue weighted by Gasteiger charge is -1.98. The Kier molecular flexibility index (Phi) is 1.81. The van der Waals surface area contributed by atoms with Crippen LogP contribution in [0.1, 0.15) is 18.4 Å². The normalized spacial score (nSPS) is 10.8. The molecule has 2 nitrogen and oxygen atoms in total. The molecule has 0 unspecified atom stereocenters. The maximum atomic E-state index is 4.39. The van der Waals surface area contributed by atoms with Crippen LogP contribution in [0.5, 0.6) is 0 Å². The van der Waals surface area contributed by atoms with Gasteiger partial charge in [-0.15, -0.1) is 11.3 Å². The highest BCUT2D eigenvalue weighted by atomic mass is 32.1. The van der Waals surface area contributed by atoms with Crippen LogP contribution in [0.15, 0.2) is 11.4 Å². The maximum absolute atomic E-state index is 4.39. The molecule has 2 aromatic rings. The van der Waals surface area contributed by atoms with Crippen molar-refractivity contribution >= 4 is 21.6 Å². The molecule has 3 heteroatoms. The zero-order valence-electron chi connectivity index (χ0n) is 7.16. The first-order valence-electron chi connectivity index (χ1n) is 4.02. The molecule has 0 N–H and O–H groups in total. The number of nitrogens with zero attached hydrogens (tertiary/aromatic N) is 2. The van der Waals surface area contributed by atoms with Gasteiger partial charge in [-0.05, 0) is 24.8 Å². The summed E-state index contributed by atoms with van der Waals surface area (Å²) in [5.74, 6) is 0.877. The molecule has 0 atom stereocenters. The topological polar surface area (TPSA) is 25.8 Å². The van der Waals surface area contributed by atoms with E-state index in [9.17, 15) is 0 Å². The third-order valence-corrected chi connectivity index (χ3v) is 2.66. The predicted molar refractivity (Wildman–Crippen MR) is 51.5 cm³/mol. The van der Waals surface area contributed by atoms with Crippen molar-refractivity contribution in [3.8, 4) is 0 Å². The van der Waals surface area contributed by atoms with E-state index in [2.05, 4.69) is 28.3 Å². The zero-order valence-corrected chi connectivity index (χ0v) is 7.98. The molecule has 0 saturated heterocycles. The number of rotatable bonds is 1. The highest BCUT2D eigenvalue weighted by Crippen LogP contribution is 2.21. The second kappa shape index (κ2) is 2.83. The molecule has 0 aromatic carbocycles. The van der Waals surface area contributed by atoms with Gasteiger partial charge in [0.15, 0.2) is 0 Å². The molecule has 0 radical (unpaired) electrons. The van der Waals surface area contributed by atoms with E-state index >= 15 is 0 Å². The van der Waals surface area contributed by atoms with E-state index < -0.39 is 0 Å². The molecule has 0 saturated carbocycles. The minimum Gasteiger partial charge on any atom is -0.238 e. The summed E-state index contributed by atoms with van der Waals surface area (Å²) in [7, 11) is 0. The monoisotopic (exact) mass is 178 g/mol. The SMILES string of the molecule is CCc1nc(C)nc2sccc12. The Balaban J connectivity index is 2.80.